The van der Waals surface area contributed by atoms with Crippen LogP contribution in [-0.4, -0.2) is 27.5 Å². The van der Waals surface area contributed by atoms with E-state index in [0.717, 1.165) is 5.56 Å². The Bertz CT molecular complexity index is 862. The Morgan fingerprint density at radius 2 is 1.85 bits per heavy atom. The maximum atomic E-state index is 13.0. The lowest BCUT2D eigenvalue weighted by Crippen LogP contribution is -2.30. The minimum Gasteiger partial charge on any atom is -0.485 e. The molecule has 0 bridgehead atoms. The first-order valence-corrected chi connectivity index (χ1v) is 8.51. The average molecular weight is 351 g/mol. The average Bonchev–Trinajstić information content (AvgIpc) is 3.10. The molecule has 1 heterocycles. The monoisotopic (exact) mass is 351 g/mol. The second-order valence-corrected chi connectivity index (χ2v) is 5.82. The Hall–Kier alpha value is -3.15. The van der Waals surface area contributed by atoms with E-state index in [4.69, 9.17) is 9.26 Å². The van der Waals surface area contributed by atoms with E-state index in [0.29, 0.717) is 36.1 Å². The number of benzene rings is 2. The summed E-state index contributed by atoms with van der Waals surface area (Å²) in [5, 5.41) is 3.81. The highest BCUT2D eigenvalue weighted by molar-refractivity contribution is 5.96. The number of aromatic nitrogens is 2. The smallest absolute Gasteiger partial charge is 0.257 e. The van der Waals surface area contributed by atoms with Crippen molar-refractivity contribution in [3.8, 4) is 5.75 Å². The van der Waals surface area contributed by atoms with Crippen LogP contribution in [0.4, 0.5) is 0 Å². The lowest BCUT2D eigenvalue weighted by molar-refractivity contribution is 0.0747. The summed E-state index contributed by atoms with van der Waals surface area (Å²) in [5.41, 5.74) is 1.61. The number of carbonyl (C=O) groups excluding carboxylic acids is 1. The Kier molecular flexibility index (Phi) is 5.63. The molecule has 3 rings (SSSR count). The highest BCUT2D eigenvalue weighted by atomic mass is 16.5. The van der Waals surface area contributed by atoms with E-state index < -0.39 is 0 Å². The van der Waals surface area contributed by atoms with E-state index >= 15 is 0 Å². The highest BCUT2D eigenvalue weighted by Crippen LogP contribution is 2.22. The summed E-state index contributed by atoms with van der Waals surface area (Å²) < 4.78 is 10.7. The molecule has 6 heteroatoms. The van der Waals surface area contributed by atoms with E-state index in [-0.39, 0.29) is 12.5 Å². The van der Waals surface area contributed by atoms with Gasteiger partial charge < -0.3 is 14.2 Å². The Morgan fingerprint density at radius 3 is 2.54 bits per heavy atom. The number of aryl methyl sites for hydroxylation is 1. The fourth-order valence-corrected chi connectivity index (χ4v) is 2.61. The highest BCUT2D eigenvalue weighted by Gasteiger charge is 2.19. The van der Waals surface area contributed by atoms with Crippen molar-refractivity contribution >= 4 is 5.91 Å². The number of hydrogen-bond acceptors (Lipinski definition) is 5. The maximum Gasteiger partial charge on any atom is 0.257 e. The molecule has 0 aliphatic rings. The number of rotatable bonds is 7. The number of amides is 1. The van der Waals surface area contributed by atoms with E-state index in [1.54, 1.807) is 24.0 Å². The first-order valence-electron chi connectivity index (χ1n) is 8.51. The summed E-state index contributed by atoms with van der Waals surface area (Å²) in [7, 11) is 0. The predicted octanol–water partition coefficient (Wildman–Crippen LogP) is 3.62. The number of ether oxygens (including phenoxy) is 1. The summed E-state index contributed by atoms with van der Waals surface area (Å²) in [4.78, 5) is 18.9. The second-order valence-electron chi connectivity index (χ2n) is 5.82. The van der Waals surface area contributed by atoms with Crippen molar-refractivity contribution in [2.45, 2.75) is 27.0 Å². The molecule has 0 atom stereocenters. The molecule has 0 unspecified atom stereocenters. The molecule has 1 aromatic heterocycles. The van der Waals surface area contributed by atoms with E-state index in [9.17, 15) is 4.79 Å². The van der Waals surface area contributed by atoms with Crippen LogP contribution in [0, 0.1) is 6.92 Å². The molecule has 1 amide bonds. The van der Waals surface area contributed by atoms with Crippen LogP contribution >= 0.6 is 0 Å². The van der Waals surface area contributed by atoms with Crippen LogP contribution in [-0.2, 0) is 13.2 Å². The summed E-state index contributed by atoms with van der Waals surface area (Å²) in [6.07, 6.45) is 0. The summed E-state index contributed by atoms with van der Waals surface area (Å²) in [6.45, 7) is 4.98. The van der Waals surface area contributed by atoms with Crippen LogP contribution in [0.25, 0.3) is 0 Å². The van der Waals surface area contributed by atoms with Gasteiger partial charge in [0.25, 0.3) is 5.91 Å². The molecule has 0 radical (unpaired) electrons. The SMILES string of the molecule is CCN(Cc1ccccc1)C(=O)c1ccccc1OCc1noc(C)n1. The molecule has 0 saturated carbocycles. The second kappa shape index (κ2) is 8.29. The largest absolute Gasteiger partial charge is 0.485 e. The first-order chi connectivity index (χ1) is 12.7. The molecule has 3 aromatic rings. The molecule has 0 fully saturated rings. The first kappa shape index (κ1) is 17.7. The fourth-order valence-electron chi connectivity index (χ4n) is 2.61. The van der Waals surface area contributed by atoms with Gasteiger partial charge in [0.1, 0.15) is 5.75 Å². The fraction of sp³-hybridized carbons (Fsp3) is 0.250. The Balaban J connectivity index is 1.75. The van der Waals surface area contributed by atoms with Gasteiger partial charge in [-0.3, -0.25) is 4.79 Å². The minimum atomic E-state index is -0.0729. The summed E-state index contributed by atoms with van der Waals surface area (Å²) in [6, 6.07) is 17.1. The van der Waals surface area contributed by atoms with Gasteiger partial charge in [0, 0.05) is 20.0 Å². The van der Waals surface area contributed by atoms with Crippen LogP contribution in [0.2, 0.25) is 0 Å². The minimum absolute atomic E-state index is 0.0729. The lowest BCUT2D eigenvalue weighted by atomic mass is 10.1. The molecule has 0 aliphatic heterocycles. The quantitative estimate of drug-likeness (QED) is 0.650. The third-order valence-electron chi connectivity index (χ3n) is 3.93. The van der Waals surface area contributed by atoms with Crippen LogP contribution in [0.1, 0.15) is 34.6 Å². The third-order valence-corrected chi connectivity index (χ3v) is 3.93. The van der Waals surface area contributed by atoms with Crippen molar-refractivity contribution in [1.29, 1.82) is 0 Å². The molecule has 26 heavy (non-hydrogen) atoms. The van der Waals surface area contributed by atoms with Crippen LogP contribution in [0.5, 0.6) is 5.75 Å². The molecule has 134 valence electrons. The molecular formula is C20H21N3O3. The van der Waals surface area contributed by atoms with Gasteiger partial charge in [-0.1, -0.05) is 47.6 Å². The third kappa shape index (κ3) is 4.27. The van der Waals surface area contributed by atoms with Crippen LogP contribution in [0.3, 0.4) is 0 Å². The molecule has 2 aromatic carbocycles. The summed E-state index contributed by atoms with van der Waals surface area (Å²) >= 11 is 0. The lowest BCUT2D eigenvalue weighted by Gasteiger charge is -2.22. The van der Waals surface area contributed by atoms with Crippen molar-refractivity contribution in [3.63, 3.8) is 0 Å². The number of para-hydroxylation sites is 1. The number of nitrogens with zero attached hydrogens (tertiary/aromatic N) is 3. The summed E-state index contributed by atoms with van der Waals surface area (Å²) in [5.74, 6) is 1.36. The van der Waals surface area contributed by atoms with Gasteiger partial charge >= 0.3 is 0 Å². The van der Waals surface area contributed by atoms with Gasteiger partial charge in [-0.2, -0.15) is 4.98 Å². The molecule has 0 N–H and O–H groups in total. The number of hydrogen-bond donors (Lipinski definition) is 0. The van der Waals surface area contributed by atoms with Crippen molar-refractivity contribution in [3.05, 3.63) is 77.4 Å². The maximum absolute atomic E-state index is 13.0. The van der Waals surface area contributed by atoms with Crippen LogP contribution < -0.4 is 4.74 Å². The van der Waals surface area contributed by atoms with E-state index in [1.807, 2.05) is 49.4 Å². The topological polar surface area (TPSA) is 68.5 Å². The van der Waals surface area contributed by atoms with E-state index in [2.05, 4.69) is 10.1 Å². The molecular weight excluding hydrogens is 330 g/mol. The number of carbonyl (C=O) groups is 1. The van der Waals surface area contributed by atoms with Crippen molar-refractivity contribution in [1.82, 2.24) is 15.0 Å². The van der Waals surface area contributed by atoms with Gasteiger partial charge in [-0.05, 0) is 24.6 Å². The van der Waals surface area contributed by atoms with Gasteiger partial charge in [0.15, 0.2) is 6.61 Å². The van der Waals surface area contributed by atoms with Crippen molar-refractivity contribution in [2.75, 3.05) is 6.54 Å². The van der Waals surface area contributed by atoms with E-state index in [1.165, 1.54) is 0 Å². The van der Waals surface area contributed by atoms with Gasteiger partial charge in [0.05, 0.1) is 5.56 Å². The zero-order valence-corrected chi connectivity index (χ0v) is 14.9. The zero-order valence-electron chi connectivity index (χ0n) is 14.9. The van der Waals surface area contributed by atoms with Crippen molar-refractivity contribution < 1.29 is 14.1 Å². The zero-order chi connectivity index (χ0) is 18.4. The molecule has 0 spiro atoms. The van der Waals surface area contributed by atoms with Crippen molar-refractivity contribution in [2.24, 2.45) is 0 Å². The molecule has 0 saturated heterocycles. The molecule has 0 aliphatic carbocycles. The van der Waals surface area contributed by atoms with Gasteiger partial charge in [-0.15, -0.1) is 0 Å². The Morgan fingerprint density at radius 1 is 1.12 bits per heavy atom. The van der Waals surface area contributed by atoms with Gasteiger partial charge in [-0.25, -0.2) is 0 Å². The van der Waals surface area contributed by atoms with Crippen LogP contribution in [0.15, 0.2) is 59.1 Å². The Labute approximate surface area is 152 Å². The normalized spacial score (nSPS) is 10.5. The van der Waals surface area contributed by atoms with Gasteiger partial charge in [0.2, 0.25) is 11.7 Å². The molecule has 6 nitrogen and oxygen atoms in total. The predicted molar refractivity (Wildman–Crippen MR) is 96.7 cm³/mol. The standard InChI is InChI=1S/C20H21N3O3/c1-3-23(13-16-9-5-4-6-10-16)20(24)17-11-7-8-12-18(17)25-14-19-21-15(2)26-22-19/h4-12H,3,13-14H2,1-2H3.